The molecule has 0 aliphatic heterocycles. The SMILES string of the molecule is CC(C)(C)C(=O)n1cccc1C=O. The first-order chi connectivity index (χ1) is 5.96. The van der Waals surface area contributed by atoms with Crippen LogP contribution in [0.4, 0.5) is 0 Å². The van der Waals surface area contributed by atoms with E-state index in [1.54, 1.807) is 18.3 Å². The summed E-state index contributed by atoms with van der Waals surface area (Å²) < 4.78 is 1.38. The van der Waals surface area contributed by atoms with Crippen molar-refractivity contribution >= 4 is 12.2 Å². The highest BCUT2D eigenvalue weighted by atomic mass is 16.2. The molecule has 70 valence electrons. The zero-order chi connectivity index (χ0) is 10.1. The second-order valence-corrected chi connectivity index (χ2v) is 3.98. The summed E-state index contributed by atoms with van der Waals surface area (Å²) in [6.45, 7) is 5.47. The third kappa shape index (κ3) is 1.86. The zero-order valence-electron chi connectivity index (χ0n) is 8.07. The molecule has 0 bridgehead atoms. The Balaban J connectivity index is 3.09. The molecule has 0 aromatic carbocycles. The third-order valence-corrected chi connectivity index (χ3v) is 1.76. The maximum absolute atomic E-state index is 11.7. The summed E-state index contributed by atoms with van der Waals surface area (Å²) in [6, 6.07) is 3.31. The molecule has 13 heavy (non-hydrogen) atoms. The van der Waals surface area contributed by atoms with Gasteiger partial charge >= 0.3 is 0 Å². The van der Waals surface area contributed by atoms with E-state index in [1.165, 1.54) is 4.57 Å². The van der Waals surface area contributed by atoms with Crippen molar-refractivity contribution in [3.05, 3.63) is 24.0 Å². The van der Waals surface area contributed by atoms with Crippen molar-refractivity contribution < 1.29 is 9.59 Å². The molecule has 0 aliphatic carbocycles. The molecule has 0 saturated heterocycles. The highest BCUT2D eigenvalue weighted by molar-refractivity contribution is 5.89. The van der Waals surface area contributed by atoms with Gasteiger partial charge in [0.25, 0.3) is 0 Å². The van der Waals surface area contributed by atoms with E-state index < -0.39 is 5.41 Å². The Labute approximate surface area is 77.4 Å². The Bertz CT molecular complexity index is 331. The average Bonchev–Trinajstić information content (AvgIpc) is 2.48. The Kier molecular flexibility index (Phi) is 2.36. The highest BCUT2D eigenvalue weighted by Crippen LogP contribution is 2.17. The maximum Gasteiger partial charge on any atom is 0.236 e. The number of aromatic nitrogens is 1. The van der Waals surface area contributed by atoms with Crippen LogP contribution in [0.25, 0.3) is 0 Å². The van der Waals surface area contributed by atoms with E-state index in [-0.39, 0.29) is 5.91 Å². The molecule has 3 heteroatoms. The van der Waals surface area contributed by atoms with Crippen LogP contribution in [-0.2, 0) is 0 Å². The lowest BCUT2D eigenvalue weighted by atomic mass is 9.95. The smallest absolute Gasteiger partial charge is 0.236 e. The number of carbonyl (C=O) groups is 2. The van der Waals surface area contributed by atoms with Crippen LogP contribution in [0.5, 0.6) is 0 Å². The highest BCUT2D eigenvalue weighted by Gasteiger charge is 2.23. The van der Waals surface area contributed by atoms with E-state index in [9.17, 15) is 9.59 Å². The summed E-state index contributed by atoms with van der Waals surface area (Å²) in [5, 5.41) is 0. The van der Waals surface area contributed by atoms with E-state index in [4.69, 9.17) is 0 Å². The fraction of sp³-hybridized carbons (Fsp3) is 0.400. The fourth-order valence-electron chi connectivity index (χ4n) is 1.04. The quantitative estimate of drug-likeness (QED) is 0.618. The average molecular weight is 179 g/mol. The largest absolute Gasteiger partial charge is 0.296 e. The summed E-state index contributed by atoms with van der Waals surface area (Å²) in [7, 11) is 0. The minimum atomic E-state index is -0.462. The lowest BCUT2D eigenvalue weighted by Gasteiger charge is -2.17. The van der Waals surface area contributed by atoms with Gasteiger partial charge in [-0.1, -0.05) is 20.8 Å². The van der Waals surface area contributed by atoms with Crippen molar-refractivity contribution in [2.45, 2.75) is 20.8 Å². The van der Waals surface area contributed by atoms with Crippen molar-refractivity contribution in [2.75, 3.05) is 0 Å². The van der Waals surface area contributed by atoms with E-state index in [2.05, 4.69) is 0 Å². The molecule has 1 aromatic heterocycles. The van der Waals surface area contributed by atoms with Crippen molar-refractivity contribution in [1.82, 2.24) is 4.57 Å². The molecular weight excluding hydrogens is 166 g/mol. The lowest BCUT2D eigenvalue weighted by molar-refractivity contribution is 0.0760. The fourth-order valence-corrected chi connectivity index (χ4v) is 1.04. The molecule has 1 aromatic rings. The standard InChI is InChI=1S/C10H13NO2/c1-10(2,3)9(13)11-6-4-5-8(11)7-12/h4-7H,1-3H3. The van der Waals surface area contributed by atoms with Crippen LogP contribution in [-0.4, -0.2) is 16.8 Å². The number of hydrogen-bond acceptors (Lipinski definition) is 2. The Morgan fingerprint density at radius 2 is 2.08 bits per heavy atom. The van der Waals surface area contributed by atoms with Crippen LogP contribution in [0.3, 0.4) is 0 Å². The van der Waals surface area contributed by atoms with Gasteiger partial charge in [-0.15, -0.1) is 0 Å². The summed E-state index contributed by atoms with van der Waals surface area (Å²) in [4.78, 5) is 22.3. The molecule has 1 rings (SSSR count). The van der Waals surface area contributed by atoms with Crippen molar-refractivity contribution in [3.8, 4) is 0 Å². The van der Waals surface area contributed by atoms with Crippen LogP contribution in [0.2, 0.25) is 0 Å². The number of carbonyl (C=O) groups excluding carboxylic acids is 2. The molecule has 0 fully saturated rings. The Hall–Kier alpha value is -1.38. The molecule has 0 saturated carbocycles. The van der Waals surface area contributed by atoms with Crippen LogP contribution < -0.4 is 0 Å². The van der Waals surface area contributed by atoms with Crippen molar-refractivity contribution in [2.24, 2.45) is 5.41 Å². The van der Waals surface area contributed by atoms with Crippen LogP contribution in [0, 0.1) is 5.41 Å². The van der Waals surface area contributed by atoms with Gasteiger partial charge in [-0.2, -0.15) is 0 Å². The molecule has 0 spiro atoms. The number of hydrogen-bond donors (Lipinski definition) is 0. The van der Waals surface area contributed by atoms with Crippen LogP contribution in [0.1, 0.15) is 36.1 Å². The zero-order valence-corrected chi connectivity index (χ0v) is 8.07. The second kappa shape index (κ2) is 3.17. The van der Waals surface area contributed by atoms with Gasteiger partial charge in [-0.3, -0.25) is 14.2 Å². The molecule has 0 amide bonds. The Morgan fingerprint density at radius 1 is 1.46 bits per heavy atom. The van der Waals surface area contributed by atoms with Gasteiger partial charge in [-0.25, -0.2) is 0 Å². The van der Waals surface area contributed by atoms with Gasteiger partial charge in [-0.05, 0) is 12.1 Å². The Morgan fingerprint density at radius 3 is 2.54 bits per heavy atom. The summed E-state index contributed by atoms with van der Waals surface area (Å²) in [6.07, 6.45) is 2.29. The molecule has 1 heterocycles. The maximum atomic E-state index is 11.7. The summed E-state index contributed by atoms with van der Waals surface area (Å²) >= 11 is 0. The predicted molar refractivity (Wildman–Crippen MR) is 49.9 cm³/mol. The molecule has 0 atom stereocenters. The minimum Gasteiger partial charge on any atom is -0.296 e. The number of aldehydes is 1. The first-order valence-electron chi connectivity index (χ1n) is 4.14. The minimum absolute atomic E-state index is 0.0698. The van der Waals surface area contributed by atoms with E-state index in [0.717, 1.165) is 0 Å². The second-order valence-electron chi connectivity index (χ2n) is 3.98. The van der Waals surface area contributed by atoms with Gasteiger partial charge in [0.1, 0.15) is 0 Å². The van der Waals surface area contributed by atoms with Gasteiger partial charge in [0.05, 0.1) is 5.69 Å². The molecule has 3 nitrogen and oxygen atoms in total. The van der Waals surface area contributed by atoms with Crippen molar-refractivity contribution in [1.29, 1.82) is 0 Å². The molecule has 0 unspecified atom stereocenters. The third-order valence-electron chi connectivity index (χ3n) is 1.76. The number of nitrogens with zero attached hydrogens (tertiary/aromatic N) is 1. The predicted octanol–water partition coefficient (Wildman–Crippen LogP) is 1.99. The number of rotatable bonds is 1. The molecule has 0 N–H and O–H groups in total. The van der Waals surface area contributed by atoms with Crippen molar-refractivity contribution in [3.63, 3.8) is 0 Å². The van der Waals surface area contributed by atoms with Gasteiger partial charge in [0.2, 0.25) is 5.91 Å². The summed E-state index contributed by atoms with van der Waals surface area (Å²) in [5.41, 5.74) is -0.0588. The summed E-state index contributed by atoms with van der Waals surface area (Å²) in [5.74, 6) is -0.0698. The van der Waals surface area contributed by atoms with Gasteiger partial charge in [0.15, 0.2) is 6.29 Å². The van der Waals surface area contributed by atoms with Crippen LogP contribution in [0.15, 0.2) is 18.3 Å². The monoisotopic (exact) mass is 179 g/mol. The molecular formula is C10H13NO2. The first kappa shape index (κ1) is 9.71. The normalized spacial score (nSPS) is 11.3. The van der Waals surface area contributed by atoms with E-state index in [1.807, 2.05) is 20.8 Å². The lowest BCUT2D eigenvalue weighted by Crippen LogP contribution is -2.27. The topological polar surface area (TPSA) is 39.1 Å². The molecule has 0 radical (unpaired) electrons. The van der Waals surface area contributed by atoms with Gasteiger partial charge < -0.3 is 0 Å². The van der Waals surface area contributed by atoms with E-state index >= 15 is 0 Å². The molecule has 0 aliphatic rings. The van der Waals surface area contributed by atoms with E-state index in [0.29, 0.717) is 12.0 Å². The van der Waals surface area contributed by atoms with Crippen LogP contribution >= 0.6 is 0 Å². The first-order valence-corrected chi connectivity index (χ1v) is 4.14. The van der Waals surface area contributed by atoms with Gasteiger partial charge in [0, 0.05) is 11.6 Å².